The van der Waals surface area contributed by atoms with Crippen molar-refractivity contribution in [2.75, 3.05) is 11.8 Å². The summed E-state index contributed by atoms with van der Waals surface area (Å²) in [6, 6.07) is 8.19. The lowest BCUT2D eigenvalue weighted by molar-refractivity contribution is 0.415. The SMILES string of the molecule is COc1cc(NS(=O)(=O)c2cccs2)ccc1-c1cnco1. The molecule has 0 aliphatic rings. The second-order valence-corrected chi connectivity index (χ2v) is 7.18. The summed E-state index contributed by atoms with van der Waals surface area (Å²) in [5.74, 6) is 1.03. The van der Waals surface area contributed by atoms with E-state index >= 15 is 0 Å². The highest BCUT2D eigenvalue weighted by atomic mass is 32.2. The van der Waals surface area contributed by atoms with E-state index in [2.05, 4.69) is 9.71 Å². The molecule has 0 saturated carbocycles. The largest absolute Gasteiger partial charge is 0.496 e. The van der Waals surface area contributed by atoms with Crippen LogP contribution in [0, 0.1) is 0 Å². The van der Waals surface area contributed by atoms with E-state index in [1.165, 1.54) is 13.5 Å². The minimum absolute atomic E-state index is 0.255. The van der Waals surface area contributed by atoms with Gasteiger partial charge in [-0.15, -0.1) is 11.3 Å². The van der Waals surface area contributed by atoms with Gasteiger partial charge in [0.2, 0.25) is 0 Å². The molecule has 0 aliphatic heterocycles. The van der Waals surface area contributed by atoms with Crippen LogP contribution in [-0.4, -0.2) is 20.5 Å². The van der Waals surface area contributed by atoms with Crippen molar-refractivity contribution in [1.82, 2.24) is 4.98 Å². The third-order valence-corrected chi connectivity index (χ3v) is 5.69. The number of ether oxygens (including phenoxy) is 1. The third-order valence-electron chi connectivity index (χ3n) is 2.91. The summed E-state index contributed by atoms with van der Waals surface area (Å²) >= 11 is 1.16. The van der Waals surface area contributed by atoms with Gasteiger partial charge in [-0.05, 0) is 23.6 Å². The number of sulfonamides is 1. The molecule has 0 fully saturated rings. The van der Waals surface area contributed by atoms with E-state index in [9.17, 15) is 8.42 Å². The van der Waals surface area contributed by atoms with Gasteiger partial charge in [0.25, 0.3) is 10.0 Å². The maximum absolute atomic E-state index is 12.2. The van der Waals surface area contributed by atoms with Crippen molar-refractivity contribution in [3.05, 3.63) is 48.3 Å². The lowest BCUT2D eigenvalue weighted by Gasteiger charge is -2.10. The Morgan fingerprint density at radius 2 is 2.18 bits per heavy atom. The van der Waals surface area contributed by atoms with Gasteiger partial charge < -0.3 is 9.15 Å². The van der Waals surface area contributed by atoms with Crippen LogP contribution in [0.4, 0.5) is 5.69 Å². The predicted octanol–water partition coefficient (Wildman–Crippen LogP) is 3.21. The molecule has 3 rings (SSSR count). The highest BCUT2D eigenvalue weighted by Gasteiger charge is 2.17. The summed E-state index contributed by atoms with van der Waals surface area (Å²) in [5.41, 5.74) is 1.10. The Bertz CT molecular complexity index is 856. The number of anilines is 1. The van der Waals surface area contributed by atoms with Gasteiger partial charge >= 0.3 is 0 Å². The Labute approximate surface area is 131 Å². The van der Waals surface area contributed by atoms with Crippen molar-refractivity contribution in [1.29, 1.82) is 0 Å². The van der Waals surface area contributed by atoms with Crippen LogP contribution in [0.15, 0.2) is 56.9 Å². The van der Waals surface area contributed by atoms with Crippen molar-refractivity contribution < 1.29 is 17.6 Å². The minimum atomic E-state index is -3.58. The first-order chi connectivity index (χ1) is 10.6. The van der Waals surface area contributed by atoms with Crippen LogP contribution in [0.3, 0.4) is 0 Å². The first-order valence-corrected chi connectivity index (χ1v) is 8.59. The van der Waals surface area contributed by atoms with E-state index < -0.39 is 10.0 Å². The zero-order valence-corrected chi connectivity index (χ0v) is 13.1. The minimum Gasteiger partial charge on any atom is -0.496 e. The third kappa shape index (κ3) is 2.83. The van der Waals surface area contributed by atoms with Crippen molar-refractivity contribution in [2.24, 2.45) is 0 Å². The molecule has 0 bridgehead atoms. The molecule has 3 aromatic rings. The lowest BCUT2D eigenvalue weighted by atomic mass is 10.1. The van der Waals surface area contributed by atoms with E-state index in [0.29, 0.717) is 22.8 Å². The number of hydrogen-bond donors (Lipinski definition) is 1. The zero-order valence-electron chi connectivity index (χ0n) is 11.5. The Hall–Kier alpha value is -2.32. The molecular formula is C14H12N2O4S2. The lowest BCUT2D eigenvalue weighted by Crippen LogP contribution is -2.11. The summed E-state index contributed by atoms with van der Waals surface area (Å²) in [6.07, 6.45) is 2.88. The summed E-state index contributed by atoms with van der Waals surface area (Å²) < 4.78 is 37.7. The second-order valence-electron chi connectivity index (χ2n) is 4.32. The molecule has 0 saturated heterocycles. The number of aromatic nitrogens is 1. The van der Waals surface area contributed by atoms with Crippen LogP contribution in [0.25, 0.3) is 11.3 Å². The average Bonchev–Trinajstić information content (AvgIpc) is 3.20. The molecule has 0 unspecified atom stereocenters. The van der Waals surface area contributed by atoms with Gasteiger partial charge in [0.05, 0.1) is 24.6 Å². The molecule has 0 atom stereocenters. The quantitative estimate of drug-likeness (QED) is 0.774. The monoisotopic (exact) mass is 336 g/mol. The van der Waals surface area contributed by atoms with Crippen LogP contribution < -0.4 is 9.46 Å². The van der Waals surface area contributed by atoms with Gasteiger partial charge in [-0.3, -0.25) is 4.72 Å². The predicted molar refractivity (Wildman–Crippen MR) is 83.6 cm³/mol. The molecule has 1 N–H and O–H groups in total. The number of thiophene rings is 1. The van der Waals surface area contributed by atoms with E-state index in [4.69, 9.17) is 9.15 Å². The van der Waals surface area contributed by atoms with Gasteiger partial charge in [-0.25, -0.2) is 13.4 Å². The summed E-state index contributed by atoms with van der Waals surface area (Å²) in [4.78, 5) is 3.86. The smallest absolute Gasteiger partial charge is 0.271 e. The van der Waals surface area contributed by atoms with Gasteiger partial charge in [-0.1, -0.05) is 6.07 Å². The van der Waals surface area contributed by atoms with E-state index in [-0.39, 0.29) is 4.21 Å². The molecule has 22 heavy (non-hydrogen) atoms. The van der Waals surface area contributed by atoms with Crippen LogP contribution in [-0.2, 0) is 10.0 Å². The van der Waals surface area contributed by atoms with E-state index in [0.717, 1.165) is 11.3 Å². The molecule has 1 aromatic carbocycles. The Kier molecular flexibility index (Phi) is 3.86. The molecule has 114 valence electrons. The van der Waals surface area contributed by atoms with Gasteiger partial charge in [0, 0.05) is 6.07 Å². The molecule has 2 heterocycles. The van der Waals surface area contributed by atoms with Crippen molar-refractivity contribution in [3.63, 3.8) is 0 Å². The molecular weight excluding hydrogens is 324 g/mol. The number of benzene rings is 1. The molecule has 2 aromatic heterocycles. The molecule has 0 aliphatic carbocycles. The Morgan fingerprint density at radius 1 is 1.32 bits per heavy atom. The average molecular weight is 336 g/mol. The number of oxazole rings is 1. The van der Waals surface area contributed by atoms with Crippen LogP contribution in [0.1, 0.15) is 0 Å². The summed E-state index contributed by atoms with van der Waals surface area (Å²) in [7, 11) is -2.08. The first kappa shape index (κ1) is 14.6. The molecule has 0 spiro atoms. The first-order valence-electron chi connectivity index (χ1n) is 6.23. The molecule has 8 heteroatoms. The second kappa shape index (κ2) is 5.82. The highest BCUT2D eigenvalue weighted by molar-refractivity contribution is 7.94. The van der Waals surface area contributed by atoms with Crippen molar-refractivity contribution in [3.8, 4) is 17.1 Å². The van der Waals surface area contributed by atoms with Gasteiger partial charge in [0.1, 0.15) is 9.96 Å². The van der Waals surface area contributed by atoms with Gasteiger partial charge in [-0.2, -0.15) is 0 Å². The summed E-state index contributed by atoms with van der Waals surface area (Å²) in [6.45, 7) is 0. The van der Waals surface area contributed by atoms with Crippen LogP contribution in [0.5, 0.6) is 5.75 Å². The number of nitrogens with one attached hydrogen (secondary N) is 1. The Morgan fingerprint density at radius 3 is 2.82 bits per heavy atom. The van der Waals surface area contributed by atoms with E-state index in [1.807, 2.05) is 0 Å². The highest BCUT2D eigenvalue weighted by Crippen LogP contribution is 2.33. The topological polar surface area (TPSA) is 81.4 Å². The maximum Gasteiger partial charge on any atom is 0.271 e. The van der Waals surface area contributed by atoms with Gasteiger partial charge in [0.15, 0.2) is 12.2 Å². The number of hydrogen-bond acceptors (Lipinski definition) is 6. The van der Waals surface area contributed by atoms with E-state index in [1.54, 1.807) is 41.9 Å². The maximum atomic E-state index is 12.2. The fourth-order valence-corrected chi connectivity index (χ4v) is 3.97. The molecule has 6 nitrogen and oxygen atoms in total. The number of methoxy groups -OCH3 is 1. The normalized spacial score (nSPS) is 11.3. The molecule has 0 amide bonds. The molecule has 0 radical (unpaired) electrons. The fourth-order valence-electron chi connectivity index (χ4n) is 1.93. The number of rotatable bonds is 5. The standard InChI is InChI=1S/C14H12N2O4S2/c1-19-12-7-10(4-5-11(12)13-8-15-9-20-13)16-22(17,18)14-3-2-6-21-14/h2-9,16H,1H3. The summed E-state index contributed by atoms with van der Waals surface area (Å²) in [5, 5.41) is 1.71. The fraction of sp³-hybridized carbons (Fsp3) is 0.0714. The van der Waals surface area contributed by atoms with Crippen LogP contribution >= 0.6 is 11.3 Å². The zero-order chi connectivity index (χ0) is 15.6. The van der Waals surface area contributed by atoms with Crippen molar-refractivity contribution >= 4 is 27.0 Å². The number of nitrogens with zero attached hydrogens (tertiary/aromatic N) is 1. The van der Waals surface area contributed by atoms with Crippen LogP contribution in [0.2, 0.25) is 0 Å². The Balaban J connectivity index is 1.93. The van der Waals surface area contributed by atoms with Crippen molar-refractivity contribution in [2.45, 2.75) is 4.21 Å².